The van der Waals surface area contributed by atoms with Crippen LogP contribution in [-0.2, 0) is 15.0 Å². The molecule has 1 amide bonds. The standard InChI is InChI=1S/C28H34Cl2FN3O3/c1-27(2,3)13-23-28(14-35,21-6-5-16(29)10-22(21)32-4)24(15-7-17(30)9-18(31)8-15)25(34-23)26(37)33-19-11-20(36)12-19/h5-10,14,19-20,23-25,32,34,36H,11-13H2,1-4H3,(H,33,37). The van der Waals surface area contributed by atoms with Gasteiger partial charge in [0.15, 0.2) is 0 Å². The van der Waals surface area contributed by atoms with Crippen molar-refractivity contribution >= 4 is 41.1 Å². The van der Waals surface area contributed by atoms with Crippen LogP contribution in [0.4, 0.5) is 10.1 Å². The minimum atomic E-state index is -1.26. The predicted molar refractivity (Wildman–Crippen MR) is 145 cm³/mol. The summed E-state index contributed by atoms with van der Waals surface area (Å²) < 4.78 is 14.7. The smallest absolute Gasteiger partial charge is 0.238 e. The lowest BCUT2D eigenvalue weighted by Gasteiger charge is -2.39. The van der Waals surface area contributed by atoms with Gasteiger partial charge in [0, 0.05) is 40.8 Å². The molecule has 1 saturated heterocycles. The summed E-state index contributed by atoms with van der Waals surface area (Å²) >= 11 is 12.6. The lowest BCUT2D eigenvalue weighted by Crippen LogP contribution is -2.53. The number of benzene rings is 2. The fourth-order valence-corrected chi connectivity index (χ4v) is 6.31. The Labute approximate surface area is 227 Å². The van der Waals surface area contributed by atoms with E-state index in [0.717, 1.165) is 6.29 Å². The number of halogens is 3. The van der Waals surface area contributed by atoms with Crippen molar-refractivity contribution in [1.29, 1.82) is 0 Å². The lowest BCUT2D eigenvalue weighted by molar-refractivity contribution is -0.125. The summed E-state index contributed by atoms with van der Waals surface area (Å²) in [5.41, 5.74) is 0.305. The number of anilines is 1. The Balaban J connectivity index is 1.94. The van der Waals surface area contributed by atoms with E-state index in [1.165, 1.54) is 12.1 Å². The van der Waals surface area contributed by atoms with Crippen LogP contribution in [0.15, 0.2) is 36.4 Å². The number of carbonyl (C=O) groups is 2. The fourth-order valence-electron chi connectivity index (χ4n) is 5.91. The summed E-state index contributed by atoms with van der Waals surface area (Å²) in [6.07, 6.45) is 1.96. The van der Waals surface area contributed by atoms with Gasteiger partial charge in [-0.15, -0.1) is 0 Å². The third-order valence-corrected chi connectivity index (χ3v) is 7.97. The number of aldehydes is 1. The largest absolute Gasteiger partial charge is 0.393 e. The normalized spacial score (nSPS) is 29.5. The summed E-state index contributed by atoms with van der Waals surface area (Å²) in [5, 5.41) is 20.0. The molecule has 1 heterocycles. The number of aliphatic hydroxyl groups is 1. The lowest BCUT2D eigenvalue weighted by atomic mass is 9.62. The highest BCUT2D eigenvalue weighted by Crippen LogP contribution is 2.52. The van der Waals surface area contributed by atoms with Crippen molar-refractivity contribution in [2.24, 2.45) is 5.41 Å². The zero-order valence-electron chi connectivity index (χ0n) is 21.4. The summed E-state index contributed by atoms with van der Waals surface area (Å²) in [6, 6.07) is 7.96. The minimum absolute atomic E-state index is 0.156. The molecular formula is C28H34Cl2FN3O3. The molecule has 2 aliphatic rings. The molecule has 4 rings (SSSR count). The first-order valence-electron chi connectivity index (χ1n) is 12.5. The quantitative estimate of drug-likeness (QED) is 0.372. The van der Waals surface area contributed by atoms with Gasteiger partial charge in [0.2, 0.25) is 5.91 Å². The number of hydrogen-bond donors (Lipinski definition) is 4. The van der Waals surface area contributed by atoms with E-state index >= 15 is 0 Å². The summed E-state index contributed by atoms with van der Waals surface area (Å²) in [7, 11) is 1.75. The van der Waals surface area contributed by atoms with Crippen molar-refractivity contribution in [2.45, 2.75) is 75.6 Å². The van der Waals surface area contributed by atoms with E-state index in [4.69, 9.17) is 23.2 Å². The number of carbonyl (C=O) groups excluding carboxylic acids is 2. The SMILES string of the molecule is CNc1cc(Cl)ccc1C1(C=O)C(CC(C)(C)C)NC(C(=O)NC2CC(O)C2)C1c1cc(F)cc(Cl)c1. The molecule has 4 N–H and O–H groups in total. The Bertz CT molecular complexity index is 1160. The van der Waals surface area contributed by atoms with Gasteiger partial charge in [0.1, 0.15) is 12.1 Å². The molecule has 0 bridgehead atoms. The first-order chi connectivity index (χ1) is 17.4. The molecular weight excluding hydrogens is 516 g/mol. The third-order valence-electron chi connectivity index (χ3n) is 7.52. The Morgan fingerprint density at radius 2 is 1.89 bits per heavy atom. The highest BCUT2D eigenvalue weighted by molar-refractivity contribution is 6.31. The summed E-state index contributed by atoms with van der Waals surface area (Å²) in [4.78, 5) is 27.2. The van der Waals surface area contributed by atoms with Crippen LogP contribution in [0.1, 0.15) is 57.1 Å². The third kappa shape index (κ3) is 5.51. The van der Waals surface area contributed by atoms with Crippen molar-refractivity contribution in [2.75, 3.05) is 12.4 Å². The van der Waals surface area contributed by atoms with Gasteiger partial charge in [-0.3, -0.25) is 4.79 Å². The number of nitrogens with one attached hydrogen (secondary N) is 3. The molecule has 37 heavy (non-hydrogen) atoms. The van der Waals surface area contributed by atoms with E-state index in [1.807, 2.05) is 0 Å². The van der Waals surface area contributed by atoms with E-state index in [0.29, 0.717) is 41.1 Å². The average molecular weight is 551 g/mol. The van der Waals surface area contributed by atoms with Gasteiger partial charge in [-0.2, -0.15) is 0 Å². The number of hydrogen-bond acceptors (Lipinski definition) is 5. The van der Waals surface area contributed by atoms with E-state index in [2.05, 4.69) is 36.7 Å². The second kappa shape index (κ2) is 10.5. The molecule has 2 aromatic carbocycles. The van der Waals surface area contributed by atoms with Gasteiger partial charge in [0.25, 0.3) is 0 Å². The first kappa shape index (κ1) is 27.8. The average Bonchev–Trinajstić information content (AvgIpc) is 3.10. The van der Waals surface area contributed by atoms with Crippen LogP contribution >= 0.6 is 23.2 Å². The van der Waals surface area contributed by atoms with E-state index in [1.54, 1.807) is 31.3 Å². The van der Waals surface area contributed by atoms with E-state index < -0.39 is 35.3 Å². The zero-order chi connectivity index (χ0) is 27.1. The van der Waals surface area contributed by atoms with Crippen molar-refractivity contribution in [3.8, 4) is 0 Å². The second-order valence-corrected chi connectivity index (χ2v) is 12.3. The maximum absolute atomic E-state index is 14.7. The van der Waals surface area contributed by atoms with Crippen molar-refractivity contribution in [3.63, 3.8) is 0 Å². The van der Waals surface area contributed by atoms with Crippen LogP contribution in [0, 0.1) is 11.2 Å². The van der Waals surface area contributed by atoms with Crippen molar-refractivity contribution in [3.05, 3.63) is 63.4 Å². The summed E-state index contributed by atoms with van der Waals surface area (Å²) in [5.74, 6) is -1.62. The molecule has 200 valence electrons. The molecule has 4 unspecified atom stereocenters. The first-order valence-corrected chi connectivity index (χ1v) is 13.3. The Morgan fingerprint density at radius 3 is 2.46 bits per heavy atom. The van der Waals surface area contributed by atoms with E-state index in [9.17, 15) is 19.1 Å². The molecule has 4 atom stereocenters. The molecule has 1 saturated carbocycles. The van der Waals surface area contributed by atoms with Crippen LogP contribution in [0.25, 0.3) is 0 Å². The minimum Gasteiger partial charge on any atom is -0.393 e. The van der Waals surface area contributed by atoms with Gasteiger partial charge < -0.3 is 25.9 Å². The Kier molecular flexibility index (Phi) is 7.92. The Morgan fingerprint density at radius 1 is 1.19 bits per heavy atom. The molecule has 1 aliphatic heterocycles. The van der Waals surface area contributed by atoms with Gasteiger partial charge in [0.05, 0.1) is 17.6 Å². The van der Waals surface area contributed by atoms with Crippen molar-refractivity contribution in [1.82, 2.24) is 10.6 Å². The molecule has 0 radical (unpaired) electrons. The molecule has 6 nitrogen and oxygen atoms in total. The maximum atomic E-state index is 14.7. The molecule has 2 aromatic rings. The molecule has 9 heteroatoms. The number of aliphatic hydroxyl groups excluding tert-OH is 1. The Hall–Kier alpha value is -2.19. The van der Waals surface area contributed by atoms with Crippen LogP contribution < -0.4 is 16.0 Å². The molecule has 0 spiro atoms. The van der Waals surface area contributed by atoms with Gasteiger partial charge in [-0.05, 0) is 66.1 Å². The van der Waals surface area contributed by atoms with E-state index in [-0.39, 0.29) is 22.4 Å². The molecule has 0 aromatic heterocycles. The molecule has 1 aliphatic carbocycles. The fraction of sp³-hybridized carbons (Fsp3) is 0.500. The highest BCUT2D eigenvalue weighted by atomic mass is 35.5. The maximum Gasteiger partial charge on any atom is 0.238 e. The van der Waals surface area contributed by atoms with Crippen LogP contribution in [-0.4, -0.2) is 48.6 Å². The monoisotopic (exact) mass is 549 g/mol. The predicted octanol–water partition coefficient (Wildman–Crippen LogP) is 4.81. The topological polar surface area (TPSA) is 90.5 Å². The number of amides is 1. The summed E-state index contributed by atoms with van der Waals surface area (Å²) in [6.45, 7) is 6.22. The second-order valence-electron chi connectivity index (χ2n) is 11.5. The zero-order valence-corrected chi connectivity index (χ0v) is 23.0. The molecule has 2 fully saturated rings. The van der Waals surface area contributed by atoms with Crippen LogP contribution in [0.5, 0.6) is 0 Å². The van der Waals surface area contributed by atoms with Crippen LogP contribution in [0.3, 0.4) is 0 Å². The highest BCUT2D eigenvalue weighted by Gasteiger charge is 2.60. The van der Waals surface area contributed by atoms with Gasteiger partial charge in [-0.25, -0.2) is 4.39 Å². The van der Waals surface area contributed by atoms with Crippen LogP contribution in [0.2, 0.25) is 10.0 Å². The number of rotatable bonds is 7. The van der Waals surface area contributed by atoms with Crippen molar-refractivity contribution < 1.29 is 19.1 Å². The van der Waals surface area contributed by atoms with Gasteiger partial charge >= 0.3 is 0 Å². The van der Waals surface area contributed by atoms with Gasteiger partial charge in [-0.1, -0.05) is 50.0 Å².